The summed E-state index contributed by atoms with van der Waals surface area (Å²) < 4.78 is 0. The predicted octanol–water partition coefficient (Wildman–Crippen LogP) is 6.60. The average molecular weight is 1090 g/mol. The minimum absolute atomic E-state index is 0.0230. The van der Waals surface area contributed by atoms with Gasteiger partial charge in [0.25, 0.3) is 0 Å². The van der Waals surface area contributed by atoms with E-state index >= 15 is 4.79 Å². The molecule has 7 N–H and O–H groups in total. The number of aliphatic hydroxyl groups excluding tert-OH is 1. The van der Waals surface area contributed by atoms with Gasteiger partial charge in [0.15, 0.2) is 0 Å². The maximum atomic E-state index is 15.1. The normalized spacial score (nSPS) is 27.3. The number of likely N-dealkylation sites (tertiary alicyclic amines) is 2. The topological polar surface area (TPSA) is 200 Å². The van der Waals surface area contributed by atoms with E-state index < -0.39 is 30.4 Å². The number of benzene rings is 2. The maximum Gasteiger partial charge on any atom is 0.246 e. The molecule has 4 heterocycles. The number of nitrogens with one attached hydrogen (secondary N) is 6. The Balaban J connectivity index is 0.858. The van der Waals surface area contributed by atoms with Crippen LogP contribution in [0.2, 0.25) is 0 Å². The zero-order valence-corrected chi connectivity index (χ0v) is 47.5. The van der Waals surface area contributed by atoms with Crippen LogP contribution in [0.4, 0.5) is 0 Å². The average Bonchev–Trinajstić information content (AvgIpc) is 4.35. The summed E-state index contributed by atoms with van der Waals surface area (Å²) in [5, 5.41) is 36.3. The standard InChI is InChI=1S/C59H84N10O6S2/c1-36(60-3)52(70)65-50(40-22-14-8-15-23-40)57(74)68-32-44(30-47(68)56-64-46(34-76-56)38-18-10-6-11-19-38)62-54(72)42-26-28-43(29-27-42)55(73)63-45-31-48(59-67(5)49(35-77-59)39-20-12-7-13-21-39)69(33-45)58(75)51(41-24-16-9-17-25-41)66-53(71)37(2)61-4/h6-7,10-13,18-21,34-37,40-45,47-48,50-51,55,59-61,63,73H,8-9,14-17,22-33H2,1-5H3,(H,62,72)(H,65,70)(H,66,71). The van der Waals surface area contributed by atoms with Gasteiger partial charge in [-0.25, -0.2) is 4.98 Å². The summed E-state index contributed by atoms with van der Waals surface area (Å²) in [5.74, 6) is -0.843. The van der Waals surface area contributed by atoms with Gasteiger partial charge >= 0.3 is 0 Å². The molecular formula is C59H84N10O6S2. The van der Waals surface area contributed by atoms with E-state index in [9.17, 15) is 24.3 Å². The van der Waals surface area contributed by atoms with Crippen molar-refractivity contribution in [3.63, 3.8) is 0 Å². The minimum atomic E-state index is -0.833. The summed E-state index contributed by atoms with van der Waals surface area (Å²) >= 11 is 3.25. The molecule has 3 aromatic rings. The fraction of sp³-hybridized carbons (Fsp3) is 0.627. The number of hydrogen-bond acceptors (Lipinski definition) is 13. The molecular weight excluding hydrogens is 1010 g/mol. The summed E-state index contributed by atoms with van der Waals surface area (Å²) in [4.78, 5) is 82.5. The van der Waals surface area contributed by atoms with E-state index in [0.717, 1.165) is 91.7 Å². The van der Waals surface area contributed by atoms with E-state index in [-0.39, 0.29) is 82.7 Å². The lowest BCUT2D eigenvalue weighted by Crippen LogP contribution is -2.58. The van der Waals surface area contributed by atoms with E-state index in [1.165, 1.54) is 11.3 Å². The molecule has 18 heteroatoms. The van der Waals surface area contributed by atoms with Crippen molar-refractivity contribution in [1.82, 2.24) is 51.6 Å². The summed E-state index contributed by atoms with van der Waals surface area (Å²) in [7, 11) is 5.59. The molecule has 3 aliphatic heterocycles. The third-order valence-electron chi connectivity index (χ3n) is 17.9. The van der Waals surface area contributed by atoms with Crippen molar-refractivity contribution in [2.75, 3.05) is 34.2 Å². The van der Waals surface area contributed by atoms with Gasteiger partial charge in [0.2, 0.25) is 29.5 Å². The molecule has 2 aromatic carbocycles. The number of hydrogen-bond donors (Lipinski definition) is 7. The molecule has 10 unspecified atom stereocenters. The van der Waals surface area contributed by atoms with Crippen molar-refractivity contribution in [2.24, 2.45) is 23.7 Å². The number of thioether (sulfide) groups is 1. The first-order valence-corrected chi connectivity index (χ1v) is 30.6. The fourth-order valence-electron chi connectivity index (χ4n) is 13.1. The van der Waals surface area contributed by atoms with Crippen molar-refractivity contribution in [1.29, 1.82) is 0 Å². The number of thiazole rings is 1. The second kappa shape index (κ2) is 26.4. The quantitative estimate of drug-likeness (QED) is 0.0636. The van der Waals surface area contributed by atoms with Crippen LogP contribution in [-0.4, -0.2) is 142 Å². The van der Waals surface area contributed by atoms with Crippen LogP contribution < -0.4 is 31.9 Å². The number of carbonyl (C=O) groups excluding carboxylic acids is 5. The van der Waals surface area contributed by atoms with Crippen LogP contribution in [0.1, 0.15) is 133 Å². The third-order valence-corrected chi connectivity index (χ3v) is 20.1. The van der Waals surface area contributed by atoms with Gasteiger partial charge in [0.05, 0.1) is 40.9 Å². The van der Waals surface area contributed by atoms with Gasteiger partial charge in [-0.2, -0.15) is 0 Å². The number of amides is 5. The van der Waals surface area contributed by atoms with Gasteiger partial charge in [-0.3, -0.25) is 29.3 Å². The van der Waals surface area contributed by atoms with Gasteiger partial charge in [-0.15, -0.1) is 23.1 Å². The number of aromatic nitrogens is 1. The largest absolute Gasteiger partial charge is 0.378 e. The lowest BCUT2D eigenvalue weighted by molar-refractivity contribution is -0.140. The molecule has 5 amide bonds. The third kappa shape index (κ3) is 13.4. The Morgan fingerprint density at radius 2 is 1.21 bits per heavy atom. The monoisotopic (exact) mass is 1090 g/mol. The van der Waals surface area contributed by atoms with Gasteiger partial charge < -0.3 is 46.4 Å². The molecule has 77 heavy (non-hydrogen) atoms. The van der Waals surface area contributed by atoms with Gasteiger partial charge in [-0.05, 0) is 121 Å². The molecule has 5 fully saturated rings. The second-order valence-electron chi connectivity index (χ2n) is 22.9. The highest BCUT2D eigenvalue weighted by atomic mass is 32.2. The zero-order valence-electron chi connectivity index (χ0n) is 45.8. The van der Waals surface area contributed by atoms with Crippen LogP contribution in [0, 0.1) is 23.7 Å². The molecule has 418 valence electrons. The maximum absolute atomic E-state index is 15.1. The van der Waals surface area contributed by atoms with E-state index in [2.05, 4.69) is 61.4 Å². The van der Waals surface area contributed by atoms with E-state index in [1.54, 1.807) is 32.8 Å². The number of rotatable bonds is 19. The Morgan fingerprint density at radius 1 is 0.662 bits per heavy atom. The zero-order chi connectivity index (χ0) is 54.2. The Bertz CT molecular complexity index is 2500. The van der Waals surface area contributed by atoms with Crippen LogP contribution in [0.15, 0.2) is 71.5 Å². The molecule has 3 saturated carbocycles. The highest BCUT2D eigenvalue weighted by molar-refractivity contribution is 8.03. The predicted molar refractivity (Wildman–Crippen MR) is 305 cm³/mol. The lowest BCUT2D eigenvalue weighted by atomic mass is 9.80. The molecule has 0 spiro atoms. The Morgan fingerprint density at radius 3 is 1.78 bits per heavy atom. The van der Waals surface area contributed by atoms with Gasteiger partial charge in [0.1, 0.15) is 23.3 Å². The highest BCUT2D eigenvalue weighted by Gasteiger charge is 2.48. The van der Waals surface area contributed by atoms with Crippen LogP contribution in [0.25, 0.3) is 17.0 Å². The van der Waals surface area contributed by atoms with Crippen molar-refractivity contribution in [3.05, 3.63) is 82.0 Å². The van der Waals surface area contributed by atoms with Crippen molar-refractivity contribution in [2.45, 2.75) is 177 Å². The van der Waals surface area contributed by atoms with Crippen molar-refractivity contribution >= 4 is 58.3 Å². The van der Waals surface area contributed by atoms with Gasteiger partial charge in [-0.1, -0.05) is 99.2 Å². The summed E-state index contributed by atoms with van der Waals surface area (Å²) in [6.07, 6.45) is 12.7. The minimum Gasteiger partial charge on any atom is -0.378 e. The van der Waals surface area contributed by atoms with E-state index in [1.807, 2.05) is 70.6 Å². The van der Waals surface area contributed by atoms with Crippen molar-refractivity contribution < 1.29 is 29.1 Å². The first kappa shape index (κ1) is 56.9. The fourth-order valence-corrected chi connectivity index (χ4v) is 15.3. The SMILES string of the molecule is CNC(C)C(=O)NC(C(=O)N1CC(NC(=O)C2CCC(C(O)NC3CC(C4SC=C(c5ccccc5)N4C)N(C(=O)C(NC(=O)C(C)NC)C4CCCCC4)C3)CC2)CC1c1nc(-c2ccccc2)cs1)C1CCCCC1. The smallest absolute Gasteiger partial charge is 0.246 e. The molecule has 2 saturated heterocycles. The second-order valence-corrected chi connectivity index (χ2v) is 24.8. The van der Waals surface area contributed by atoms with Crippen LogP contribution in [0.5, 0.6) is 0 Å². The number of nitrogens with zero attached hydrogens (tertiary/aromatic N) is 4. The van der Waals surface area contributed by atoms with Crippen LogP contribution in [0.3, 0.4) is 0 Å². The molecule has 0 radical (unpaired) electrons. The number of likely N-dealkylation sites (N-methyl/N-ethyl adjacent to an activating group) is 3. The summed E-state index contributed by atoms with van der Waals surface area (Å²) in [6.45, 7) is 4.34. The molecule has 9 rings (SSSR count). The Labute approximate surface area is 464 Å². The molecule has 3 aliphatic carbocycles. The summed E-state index contributed by atoms with van der Waals surface area (Å²) in [6, 6.07) is 17.0. The Kier molecular flexibility index (Phi) is 19.5. The molecule has 1 aromatic heterocycles. The molecule has 10 atom stereocenters. The van der Waals surface area contributed by atoms with E-state index in [4.69, 9.17) is 4.98 Å². The van der Waals surface area contributed by atoms with Crippen molar-refractivity contribution in [3.8, 4) is 11.3 Å². The van der Waals surface area contributed by atoms with Crippen LogP contribution in [-0.2, 0) is 24.0 Å². The number of aliphatic hydroxyl groups is 1. The summed E-state index contributed by atoms with van der Waals surface area (Å²) in [5.41, 5.74) is 4.05. The lowest BCUT2D eigenvalue weighted by Gasteiger charge is -2.38. The molecule has 16 nitrogen and oxygen atoms in total. The highest BCUT2D eigenvalue weighted by Crippen LogP contribution is 2.43. The first-order valence-electron chi connectivity index (χ1n) is 28.8. The van der Waals surface area contributed by atoms with Crippen LogP contribution >= 0.6 is 23.1 Å². The molecule has 6 aliphatic rings. The first-order chi connectivity index (χ1) is 37.3. The van der Waals surface area contributed by atoms with E-state index in [0.29, 0.717) is 51.6 Å². The van der Waals surface area contributed by atoms with Gasteiger partial charge in [0, 0.05) is 49.1 Å². The Hall–Kier alpha value is -4.85. The number of carbonyl (C=O) groups is 5. The molecule has 0 bridgehead atoms.